The molecule has 0 radical (unpaired) electrons. The minimum absolute atomic E-state index is 0.0891. The summed E-state index contributed by atoms with van der Waals surface area (Å²) in [6.07, 6.45) is 7.63. The van der Waals surface area contributed by atoms with Gasteiger partial charge < -0.3 is 10.8 Å². The maximum absolute atomic E-state index is 10.1. The van der Waals surface area contributed by atoms with Crippen LogP contribution >= 0.6 is 0 Å². The van der Waals surface area contributed by atoms with E-state index in [9.17, 15) is 5.11 Å². The van der Waals surface area contributed by atoms with Gasteiger partial charge in [-0.15, -0.1) is 0 Å². The second-order valence-electron chi connectivity index (χ2n) is 5.70. The summed E-state index contributed by atoms with van der Waals surface area (Å²) in [6.45, 7) is 0. The fourth-order valence-corrected chi connectivity index (χ4v) is 3.79. The van der Waals surface area contributed by atoms with E-state index in [0.717, 1.165) is 12.0 Å². The van der Waals surface area contributed by atoms with E-state index in [2.05, 4.69) is 6.07 Å². The van der Waals surface area contributed by atoms with Crippen LogP contribution < -0.4 is 5.73 Å². The molecule has 0 amide bonds. The van der Waals surface area contributed by atoms with E-state index < -0.39 is 0 Å². The zero-order chi connectivity index (χ0) is 11.9. The SMILES string of the molecule is NC1CC1(c1ccccc1O)C1CCCCC1. The second-order valence-corrected chi connectivity index (χ2v) is 5.70. The van der Waals surface area contributed by atoms with Crippen molar-refractivity contribution in [2.45, 2.75) is 50.0 Å². The number of aromatic hydroxyl groups is 1. The smallest absolute Gasteiger partial charge is 0.119 e. The summed E-state index contributed by atoms with van der Waals surface area (Å²) in [4.78, 5) is 0. The van der Waals surface area contributed by atoms with Crippen LogP contribution in [0.4, 0.5) is 0 Å². The summed E-state index contributed by atoms with van der Waals surface area (Å²) in [5.74, 6) is 1.12. The molecular weight excluding hydrogens is 210 g/mol. The van der Waals surface area contributed by atoms with Crippen molar-refractivity contribution in [3.8, 4) is 5.75 Å². The molecule has 2 atom stereocenters. The van der Waals surface area contributed by atoms with Gasteiger partial charge in [0.15, 0.2) is 0 Å². The summed E-state index contributed by atoms with van der Waals surface area (Å²) < 4.78 is 0. The van der Waals surface area contributed by atoms with Crippen molar-refractivity contribution in [1.82, 2.24) is 0 Å². The molecule has 92 valence electrons. The first kappa shape index (κ1) is 11.1. The van der Waals surface area contributed by atoms with Gasteiger partial charge in [0.05, 0.1) is 0 Å². The van der Waals surface area contributed by atoms with Gasteiger partial charge in [-0.2, -0.15) is 0 Å². The van der Waals surface area contributed by atoms with E-state index in [1.165, 1.54) is 32.1 Å². The van der Waals surface area contributed by atoms with Crippen molar-refractivity contribution in [1.29, 1.82) is 0 Å². The van der Waals surface area contributed by atoms with Crippen molar-refractivity contribution in [2.24, 2.45) is 11.7 Å². The Morgan fingerprint density at radius 1 is 1.12 bits per heavy atom. The molecule has 17 heavy (non-hydrogen) atoms. The molecule has 2 unspecified atom stereocenters. The Bertz CT molecular complexity index is 411. The van der Waals surface area contributed by atoms with Crippen LogP contribution in [0.5, 0.6) is 5.75 Å². The van der Waals surface area contributed by atoms with Crippen LogP contribution in [-0.2, 0) is 5.41 Å². The predicted octanol–water partition coefficient (Wildman–Crippen LogP) is 2.94. The lowest BCUT2D eigenvalue weighted by Gasteiger charge is -2.32. The van der Waals surface area contributed by atoms with Gasteiger partial charge in [-0.25, -0.2) is 0 Å². The van der Waals surface area contributed by atoms with Gasteiger partial charge in [0, 0.05) is 17.0 Å². The standard InChI is InChI=1S/C15H21NO/c16-14-10-15(14,11-6-2-1-3-7-11)12-8-4-5-9-13(12)17/h4-5,8-9,11,14,17H,1-3,6-7,10,16H2. The first-order valence-corrected chi connectivity index (χ1v) is 6.79. The number of phenolic OH excluding ortho intramolecular Hbond substituents is 1. The maximum Gasteiger partial charge on any atom is 0.119 e. The minimum atomic E-state index is 0.0891. The molecule has 1 aromatic carbocycles. The highest BCUT2D eigenvalue weighted by molar-refractivity contribution is 5.46. The zero-order valence-electron chi connectivity index (χ0n) is 10.2. The van der Waals surface area contributed by atoms with Crippen molar-refractivity contribution in [2.75, 3.05) is 0 Å². The maximum atomic E-state index is 10.1. The number of hydrogen-bond acceptors (Lipinski definition) is 2. The summed E-state index contributed by atoms with van der Waals surface area (Å²) in [6, 6.07) is 8.02. The number of nitrogens with two attached hydrogens (primary N) is 1. The third kappa shape index (κ3) is 1.66. The summed E-state index contributed by atoms with van der Waals surface area (Å²) in [5.41, 5.74) is 7.41. The highest BCUT2D eigenvalue weighted by Gasteiger charge is 2.58. The third-order valence-electron chi connectivity index (χ3n) is 4.80. The molecule has 3 N–H and O–H groups in total. The Hall–Kier alpha value is -1.02. The van der Waals surface area contributed by atoms with Crippen LogP contribution in [0.3, 0.4) is 0 Å². The lowest BCUT2D eigenvalue weighted by molar-refractivity contribution is 0.279. The molecule has 0 saturated heterocycles. The van der Waals surface area contributed by atoms with E-state index in [1.807, 2.05) is 12.1 Å². The Morgan fingerprint density at radius 2 is 1.76 bits per heavy atom. The van der Waals surface area contributed by atoms with Gasteiger partial charge in [0.1, 0.15) is 5.75 Å². The molecule has 2 fully saturated rings. The molecule has 2 heteroatoms. The van der Waals surface area contributed by atoms with Gasteiger partial charge in [-0.05, 0) is 31.2 Å². The molecule has 0 bridgehead atoms. The van der Waals surface area contributed by atoms with Crippen molar-refractivity contribution < 1.29 is 5.11 Å². The molecule has 0 aromatic heterocycles. The van der Waals surface area contributed by atoms with Crippen molar-refractivity contribution in [3.63, 3.8) is 0 Å². The molecule has 0 spiro atoms. The van der Waals surface area contributed by atoms with Crippen molar-refractivity contribution >= 4 is 0 Å². The minimum Gasteiger partial charge on any atom is -0.508 e. The second kappa shape index (κ2) is 4.02. The lowest BCUT2D eigenvalue weighted by atomic mass is 9.73. The Balaban J connectivity index is 1.95. The largest absolute Gasteiger partial charge is 0.508 e. The molecule has 0 heterocycles. The fraction of sp³-hybridized carbons (Fsp3) is 0.600. The van der Waals surface area contributed by atoms with E-state index in [4.69, 9.17) is 5.73 Å². The molecule has 2 saturated carbocycles. The molecule has 2 nitrogen and oxygen atoms in total. The van der Waals surface area contributed by atoms with Crippen LogP contribution in [0, 0.1) is 5.92 Å². The van der Waals surface area contributed by atoms with Gasteiger partial charge in [0.25, 0.3) is 0 Å². The van der Waals surface area contributed by atoms with Crippen LogP contribution in [-0.4, -0.2) is 11.1 Å². The summed E-state index contributed by atoms with van der Waals surface area (Å²) in [5, 5.41) is 10.1. The number of para-hydroxylation sites is 1. The van der Waals surface area contributed by atoms with E-state index in [0.29, 0.717) is 11.7 Å². The average molecular weight is 231 g/mol. The van der Waals surface area contributed by atoms with Crippen LogP contribution in [0.25, 0.3) is 0 Å². The third-order valence-corrected chi connectivity index (χ3v) is 4.80. The number of phenols is 1. The highest BCUT2D eigenvalue weighted by atomic mass is 16.3. The highest BCUT2D eigenvalue weighted by Crippen LogP contribution is 2.58. The van der Waals surface area contributed by atoms with Gasteiger partial charge in [0.2, 0.25) is 0 Å². The Labute approximate surface area is 103 Å². The van der Waals surface area contributed by atoms with E-state index in [-0.39, 0.29) is 11.5 Å². The molecular formula is C15H21NO. The topological polar surface area (TPSA) is 46.2 Å². The normalized spacial score (nSPS) is 33.6. The van der Waals surface area contributed by atoms with Gasteiger partial charge >= 0.3 is 0 Å². The molecule has 3 rings (SSSR count). The van der Waals surface area contributed by atoms with Crippen LogP contribution in [0.15, 0.2) is 24.3 Å². The first-order chi connectivity index (χ1) is 8.25. The van der Waals surface area contributed by atoms with Gasteiger partial charge in [-0.1, -0.05) is 37.5 Å². The van der Waals surface area contributed by atoms with E-state index in [1.54, 1.807) is 6.07 Å². The van der Waals surface area contributed by atoms with Crippen LogP contribution in [0.2, 0.25) is 0 Å². The van der Waals surface area contributed by atoms with Gasteiger partial charge in [-0.3, -0.25) is 0 Å². The Morgan fingerprint density at radius 3 is 2.35 bits per heavy atom. The first-order valence-electron chi connectivity index (χ1n) is 6.79. The number of hydrogen-bond donors (Lipinski definition) is 2. The molecule has 0 aliphatic heterocycles. The number of benzene rings is 1. The van der Waals surface area contributed by atoms with Crippen molar-refractivity contribution in [3.05, 3.63) is 29.8 Å². The lowest BCUT2D eigenvalue weighted by Crippen LogP contribution is -2.29. The summed E-state index contributed by atoms with van der Waals surface area (Å²) in [7, 11) is 0. The average Bonchev–Trinajstić information content (AvgIpc) is 3.04. The van der Waals surface area contributed by atoms with E-state index >= 15 is 0 Å². The molecule has 1 aromatic rings. The van der Waals surface area contributed by atoms with Crippen LogP contribution in [0.1, 0.15) is 44.1 Å². The Kier molecular flexibility index (Phi) is 2.62. The fourth-order valence-electron chi connectivity index (χ4n) is 3.79. The molecule has 2 aliphatic carbocycles. The molecule has 2 aliphatic rings. The predicted molar refractivity (Wildman–Crippen MR) is 69.0 cm³/mol. The zero-order valence-corrected chi connectivity index (χ0v) is 10.2. The summed E-state index contributed by atoms with van der Waals surface area (Å²) >= 11 is 0. The quantitative estimate of drug-likeness (QED) is 0.822. The monoisotopic (exact) mass is 231 g/mol. The number of rotatable bonds is 2.